The Morgan fingerprint density at radius 1 is 1.22 bits per heavy atom. The van der Waals surface area contributed by atoms with Crippen LogP contribution in [0, 0.1) is 5.82 Å². The smallest absolute Gasteiger partial charge is 0.234 e. The molecule has 0 aliphatic heterocycles. The van der Waals surface area contributed by atoms with Crippen molar-refractivity contribution in [1.82, 2.24) is 10.2 Å². The Balaban J connectivity index is 1.86. The van der Waals surface area contributed by atoms with E-state index in [2.05, 4.69) is 5.32 Å². The standard InChI is InChI=1S/C18H20ClFN2O/c1-13(16-5-3-4-6-17(16)19)21-18(23)12-22(2)11-14-7-9-15(20)10-8-14/h3-10,13H,11-12H2,1-2H3,(H,21,23)/t13-/m1/s1. The average Bonchev–Trinajstić information content (AvgIpc) is 2.49. The number of amides is 1. The van der Waals surface area contributed by atoms with E-state index in [-0.39, 0.29) is 24.3 Å². The van der Waals surface area contributed by atoms with Crippen molar-refractivity contribution >= 4 is 17.5 Å². The van der Waals surface area contributed by atoms with Crippen molar-refractivity contribution in [3.05, 3.63) is 70.5 Å². The summed E-state index contributed by atoms with van der Waals surface area (Å²) in [5.41, 5.74) is 1.85. The molecule has 0 saturated carbocycles. The first-order chi connectivity index (χ1) is 11.0. The van der Waals surface area contributed by atoms with Crippen LogP contribution in [0.2, 0.25) is 5.02 Å². The molecule has 0 unspecified atom stereocenters. The summed E-state index contributed by atoms with van der Waals surface area (Å²) in [5.74, 6) is -0.343. The predicted molar refractivity (Wildman–Crippen MR) is 90.7 cm³/mol. The Labute approximate surface area is 141 Å². The number of likely N-dealkylation sites (N-methyl/N-ethyl adjacent to an activating group) is 1. The summed E-state index contributed by atoms with van der Waals surface area (Å²) in [6.07, 6.45) is 0. The van der Waals surface area contributed by atoms with Crippen molar-refractivity contribution in [2.24, 2.45) is 0 Å². The monoisotopic (exact) mass is 334 g/mol. The second-order valence-corrected chi connectivity index (χ2v) is 6.02. The van der Waals surface area contributed by atoms with E-state index in [0.717, 1.165) is 11.1 Å². The highest BCUT2D eigenvalue weighted by Gasteiger charge is 2.13. The van der Waals surface area contributed by atoms with E-state index in [4.69, 9.17) is 11.6 Å². The number of nitrogens with zero attached hydrogens (tertiary/aromatic N) is 1. The minimum Gasteiger partial charge on any atom is -0.348 e. The highest BCUT2D eigenvalue weighted by Crippen LogP contribution is 2.21. The molecule has 1 N–H and O–H groups in total. The van der Waals surface area contributed by atoms with Crippen molar-refractivity contribution in [2.75, 3.05) is 13.6 Å². The molecule has 0 fully saturated rings. The van der Waals surface area contributed by atoms with Gasteiger partial charge in [-0.1, -0.05) is 41.9 Å². The Morgan fingerprint density at radius 2 is 1.87 bits per heavy atom. The first kappa shape index (κ1) is 17.4. The summed E-state index contributed by atoms with van der Waals surface area (Å²) < 4.78 is 12.9. The number of carbonyl (C=O) groups excluding carboxylic acids is 1. The zero-order valence-electron chi connectivity index (χ0n) is 13.2. The molecular weight excluding hydrogens is 315 g/mol. The Hall–Kier alpha value is -1.91. The SMILES string of the molecule is C[C@@H](NC(=O)CN(C)Cc1ccc(F)cc1)c1ccccc1Cl. The van der Waals surface area contributed by atoms with Crippen LogP contribution in [0.1, 0.15) is 24.1 Å². The number of hydrogen-bond acceptors (Lipinski definition) is 2. The Morgan fingerprint density at radius 3 is 2.52 bits per heavy atom. The first-order valence-corrected chi connectivity index (χ1v) is 7.80. The fraction of sp³-hybridized carbons (Fsp3) is 0.278. The molecule has 0 radical (unpaired) electrons. The number of rotatable bonds is 6. The van der Waals surface area contributed by atoms with Gasteiger partial charge in [-0.05, 0) is 43.3 Å². The Kier molecular flexibility index (Phi) is 6.13. The average molecular weight is 335 g/mol. The van der Waals surface area contributed by atoms with E-state index in [0.29, 0.717) is 11.6 Å². The molecule has 0 aliphatic rings. The molecule has 0 spiro atoms. The lowest BCUT2D eigenvalue weighted by atomic mass is 10.1. The van der Waals surface area contributed by atoms with Gasteiger partial charge >= 0.3 is 0 Å². The second-order valence-electron chi connectivity index (χ2n) is 5.61. The molecule has 0 aliphatic carbocycles. The maximum absolute atomic E-state index is 12.9. The van der Waals surface area contributed by atoms with Gasteiger partial charge in [0.25, 0.3) is 0 Å². The zero-order valence-corrected chi connectivity index (χ0v) is 14.0. The van der Waals surface area contributed by atoms with Crippen LogP contribution in [0.5, 0.6) is 0 Å². The number of nitrogens with one attached hydrogen (secondary N) is 1. The van der Waals surface area contributed by atoms with Crippen LogP contribution in [0.3, 0.4) is 0 Å². The molecule has 0 aromatic heterocycles. The molecule has 23 heavy (non-hydrogen) atoms. The van der Waals surface area contributed by atoms with E-state index in [1.165, 1.54) is 12.1 Å². The van der Waals surface area contributed by atoms with Gasteiger partial charge in [-0.2, -0.15) is 0 Å². The molecule has 2 aromatic rings. The summed E-state index contributed by atoms with van der Waals surface area (Å²) in [6, 6.07) is 13.6. The van der Waals surface area contributed by atoms with E-state index in [1.54, 1.807) is 18.2 Å². The third-order valence-electron chi connectivity index (χ3n) is 3.53. The number of halogens is 2. The van der Waals surface area contributed by atoms with E-state index < -0.39 is 0 Å². The second kappa shape index (κ2) is 8.09. The highest BCUT2D eigenvalue weighted by atomic mass is 35.5. The van der Waals surface area contributed by atoms with Crippen molar-refractivity contribution in [2.45, 2.75) is 19.5 Å². The van der Waals surface area contributed by atoms with Gasteiger partial charge in [0.1, 0.15) is 5.82 Å². The third-order valence-corrected chi connectivity index (χ3v) is 3.87. The quantitative estimate of drug-likeness (QED) is 0.871. The predicted octanol–water partition coefficient (Wildman–Crippen LogP) is 3.79. The molecular formula is C18H20ClFN2O. The number of hydrogen-bond donors (Lipinski definition) is 1. The number of carbonyl (C=O) groups is 1. The molecule has 2 aromatic carbocycles. The third kappa shape index (κ3) is 5.34. The summed E-state index contributed by atoms with van der Waals surface area (Å²) in [7, 11) is 1.85. The lowest BCUT2D eigenvalue weighted by molar-refractivity contribution is -0.122. The molecule has 0 bridgehead atoms. The van der Waals surface area contributed by atoms with Crippen LogP contribution in [0.4, 0.5) is 4.39 Å². The lowest BCUT2D eigenvalue weighted by Crippen LogP contribution is -2.36. The van der Waals surface area contributed by atoms with Crippen LogP contribution in [0.25, 0.3) is 0 Å². The highest BCUT2D eigenvalue weighted by molar-refractivity contribution is 6.31. The summed E-state index contributed by atoms with van der Waals surface area (Å²) >= 11 is 6.14. The van der Waals surface area contributed by atoms with Gasteiger partial charge in [0.2, 0.25) is 5.91 Å². The minimum atomic E-state index is -0.261. The number of benzene rings is 2. The molecule has 5 heteroatoms. The van der Waals surface area contributed by atoms with Crippen LogP contribution in [0.15, 0.2) is 48.5 Å². The topological polar surface area (TPSA) is 32.3 Å². The van der Waals surface area contributed by atoms with Crippen molar-refractivity contribution < 1.29 is 9.18 Å². The first-order valence-electron chi connectivity index (χ1n) is 7.42. The molecule has 1 amide bonds. The van der Waals surface area contributed by atoms with Gasteiger partial charge < -0.3 is 5.32 Å². The van der Waals surface area contributed by atoms with Crippen molar-refractivity contribution in [3.63, 3.8) is 0 Å². The molecule has 122 valence electrons. The largest absolute Gasteiger partial charge is 0.348 e. The van der Waals surface area contributed by atoms with Gasteiger partial charge in [0.15, 0.2) is 0 Å². The van der Waals surface area contributed by atoms with Gasteiger partial charge in [0, 0.05) is 11.6 Å². The summed E-state index contributed by atoms with van der Waals surface area (Å²) in [4.78, 5) is 14.0. The molecule has 2 rings (SSSR count). The lowest BCUT2D eigenvalue weighted by Gasteiger charge is -2.20. The molecule has 0 heterocycles. The van der Waals surface area contributed by atoms with Gasteiger partial charge in [-0.25, -0.2) is 4.39 Å². The van der Waals surface area contributed by atoms with Gasteiger partial charge in [0.05, 0.1) is 12.6 Å². The molecule has 3 nitrogen and oxygen atoms in total. The van der Waals surface area contributed by atoms with Crippen LogP contribution < -0.4 is 5.32 Å². The van der Waals surface area contributed by atoms with E-state index in [1.807, 2.05) is 37.1 Å². The maximum atomic E-state index is 12.9. The maximum Gasteiger partial charge on any atom is 0.234 e. The van der Waals surface area contributed by atoms with Gasteiger partial charge in [-0.15, -0.1) is 0 Å². The normalized spacial score (nSPS) is 12.2. The van der Waals surface area contributed by atoms with Crippen LogP contribution in [-0.2, 0) is 11.3 Å². The van der Waals surface area contributed by atoms with Crippen LogP contribution in [-0.4, -0.2) is 24.4 Å². The molecule has 0 saturated heterocycles. The fourth-order valence-electron chi connectivity index (χ4n) is 2.39. The van der Waals surface area contributed by atoms with Crippen molar-refractivity contribution in [3.8, 4) is 0 Å². The summed E-state index contributed by atoms with van der Waals surface area (Å²) in [5, 5.41) is 3.58. The van der Waals surface area contributed by atoms with E-state index >= 15 is 0 Å². The van der Waals surface area contributed by atoms with Gasteiger partial charge in [-0.3, -0.25) is 9.69 Å². The van der Waals surface area contributed by atoms with E-state index in [9.17, 15) is 9.18 Å². The van der Waals surface area contributed by atoms with Crippen molar-refractivity contribution in [1.29, 1.82) is 0 Å². The summed E-state index contributed by atoms with van der Waals surface area (Å²) in [6.45, 7) is 2.74. The van der Waals surface area contributed by atoms with Crippen LogP contribution >= 0.6 is 11.6 Å². The molecule has 1 atom stereocenters. The Bertz CT molecular complexity index is 660. The fourth-order valence-corrected chi connectivity index (χ4v) is 2.69. The minimum absolute atomic E-state index is 0.0815. The zero-order chi connectivity index (χ0) is 16.8.